The number of halogens is 1. The van der Waals surface area contributed by atoms with E-state index >= 15 is 0 Å². The Morgan fingerprint density at radius 2 is 1.89 bits per heavy atom. The van der Waals surface area contributed by atoms with Gasteiger partial charge in [-0.15, -0.1) is 0 Å². The third-order valence-electron chi connectivity index (χ3n) is 0.597. The molecule has 0 saturated carbocycles. The van der Waals surface area contributed by atoms with Crippen LogP contribution in [0.3, 0.4) is 0 Å². The van der Waals surface area contributed by atoms with Crippen molar-refractivity contribution in [2.45, 2.75) is 20.8 Å². The fourth-order valence-electron chi connectivity index (χ4n) is 0.221. The second-order valence-electron chi connectivity index (χ2n) is 1.14. The molecule has 0 atom stereocenters. The Bertz CT molecular complexity index is 147. The Labute approximate surface area is 73.2 Å². The van der Waals surface area contributed by atoms with Crippen molar-refractivity contribution in [3.8, 4) is 0 Å². The van der Waals surface area contributed by atoms with Crippen LogP contribution in [-0.2, 0) is 0 Å². The van der Waals surface area contributed by atoms with Gasteiger partial charge in [-0.05, 0) is 29.5 Å². The molecule has 0 aliphatic rings. The lowest BCUT2D eigenvalue weighted by Crippen LogP contribution is -1.70. The molecule has 4 heteroatoms. The molecule has 0 amide bonds. The predicted octanol–water partition coefficient (Wildman–Crippen LogP) is 2.48. The van der Waals surface area contributed by atoms with Gasteiger partial charge < -0.3 is 0 Å². The maximum absolute atomic E-state index is 3.94. The third kappa shape index (κ3) is 3.10. The maximum Gasteiger partial charge on any atom is 0.138 e. The van der Waals surface area contributed by atoms with Crippen LogP contribution in [0, 0.1) is 10.6 Å². The van der Waals surface area contributed by atoms with E-state index in [2.05, 4.69) is 31.3 Å². The summed E-state index contributed by atoms with van der Waals surface area (Å²) in [6, 6.07) is 0. The largest absolute Gasteiger partial charge is 0.177 e. The van der Waals surface area contributed by atoms with Crippen molar-refractivity contribution in [3.63, 3.8) is 0 Å². The highest BCUT2D eigenvalue weighted by Crippen LogP contribution is 2.05. The Morgan fingerprint density at radius 3 is 2.00 bits per heavy atom. The van der Waals surface area contributed by atoms with Crippen LogP contribution in [0.4, 0.5) is 0 Å². The van der Waals surface area contributed by atoms with Crippen molar-refractivity contribution < 1.29 is 0 Å². The molecule has 1 aromatic rings. The van der Waals surface area contributed by atoms with Gasteiger partial charge in [0.1, 0.15) is 3.70 Å². The minimum Gasteiger partial charge on any atom is -0.177 e. The van der Waals surface area contributed by atoms with E-state index < -0.39 is 0 Å². The number of nitrogens with zero attached hydrogens (tertiary/aromatic N) is 2. The fraction of sp³-hybridized carbons (Fsp3) is 0.600. The molecule has 0 radical (unpaired) electrons. The molecule has 0 spiro atoms. The molecule has 0 aromatic carbocycles. The van der Waals surface area contributed by atoms with Crippen molar-refractivity contribution in [2.24, 2.45) is 0 Å². The highest BCUT2D eigenvalue weighted by molar-refractivity contribution is 14.1. The first-order valence-electron chi connectivity index (χ1n) is 2.75. The Hall–Kier alpha value is 0.290. The monoisotopic (exact) mass is 256 g/mol. The number of rotatable bonds is 0. The van der Waals surface area contributed by atoms with Crippen LogP contribution in [0.1, 0.15) is 19.5 Å². The molecule has 2 nitrogen and oxygen atoms in total. The number of hydrogen-bond donors (Lipinski definition) is 0. The quantitative estimate of drug-likeness (QED) is 0.666. The van der Waals surface area contributed by atoms with E-state index in [4.69, 9.17) is 0 Å². The molecule has 1 aromatic heterocycles. The molecule has 1 rings (SSSR count). The van der Waals surface area contributed by atoms with Crippen LogP contribution in [0.2, 0.25) is 0 Å². The molecule has 0 N–H and O–H groups in total. The Balaban J connectivity index is 0.000000291. The lowest BCUT2D eigenvalue weighted by Gasteiger charge is -1.72. The molecular formula is C5H9IN2S. The van der Waals surface area contributed by atoms with Gasteiger partial charge in [-0.1, -0.05) is 13.8 Å². The molecule has 0 aliphatic heterocycles. The first-order valence-corrected chi connectivity index (χ1v) is 4.56. The highest BCUT2D eigenvalue weighted by Gasteiger charge is 1.93. The summed E-state index contributed by atoms with van der Waals surface area (Å²) in [6.45, 7) is 5.95. The summed E-state index contributed by atoms with van der Waals surface area (Å²) in [6.07, 6.45) is 0. The minimum absolute atomic E-state index is 1.02. The van der Waals surface area contributed by atoms with Crippen molar-refractivity contribution >= 4 is 34.3 Å². The third-order valence-corrected chi connectivity index (χ3v) is 2.57. The van der Waals surface area contributed by atoms with Gasteiger partial charge >= 0.3 is 0 Å². The molecule has 0 unspecified atom stereocenters. The van der Waals surface area contributed by atoms with Gasteiger partial charge in [0, 0.05) is 0 Å². The summed E-state index contributed by atoms with van der Waals surface area (Å²) in [5.41, 5.74) is 1.03. The zero-order valence-electron chi connectivity index (χ0n) is 5.68. The van der Waals surface area contributed by atoms with E-state index in [0.29, 0.717) is 0 Å². The van der Waals surface area contributed by atoms with Gasteiger partial charge in [-0.2, -0.15) is 8.75 Å². The molecular weight excluding hydrogens is 247 g/mol. The van der Waals surface area contributed by atoms with Crippen molar-refractivity contribution in [3.05, 3.63) is 9.39 Å². The lowest BCUT2D eigenvalue weighted by atomic mass is 10.6. The standard InChI is InChI=1S/C3H3IN2S.C2H6/c1-2-3(4)6-7-5-2;1-2/h1H3;1-2H3. The Morgan fingerprint density at radius 1 is 1.33 bits per heavy atom. The number of aromatic nitrogens is 2. The van der Waals surface area contributed by atoms with Gasteiger partial charge in [0.05, 0.1) is 17.4 Å². The summed E-state index contributed by atoms with van der Waals surface area (Å²) < 4.78 is 8.89. The van der Waals surface area contributed by atoms with Crippen molar-refractivity contribution in [1.82, 2.24) is 8.75 Å². The molecule has 0 aliphatic carbocycles. The summed E-state index contributed by atoms with van der Waals surface area (Å²) in [7, 11) is 0. The molecule has 0 bridgehead atoms. The summed E-state index contributed by atoms with van der Waals surface area (Å²) in [4.78, 5) is 0. The summed E-state index contributed by atoms with van der Waals surface area (Å²) >= 11 is 3.42. The van der Waals surface area contributed by atoms with E-state index in [9.17, 15) is 0 Å². The number of hydrogen-bond acceptors (Lipinski definition) is 3. The van der Waals surface area contributed by atoms with Crippen LogP contribution in [-0.4, -0.2) is 8.75 Å². The van der Waals surface area contributed by atoms with Crippen LogP contribution in [0.5, 0.6) is 0 Å². The van der Waals surface area contributed by atoms with E-state index in [1.165, 1.54) is 11.7 Å². The van der Waals surface area contributed by atoms with Crippen LogP contribution in [0.25, 0.3) is 0 Å². The first-order chi connectivity index (χ1) is 4.30. The SMILES string of the molecule is CC.Cc1nsnc1I. The number of aryl methyl sites for hydroxylation is 1. The zero-order chi connectivity index (χ0) is 7.28. The fourth-order valence-corrected chi connectivity index (χ4v) is 1.22. The molecule has 1 heterocycles. The van der Waals surface area contributed by atoms with Gasteiger partial charge in [-0.3, -0.25) is 0 Å². The molecule has 0 fully saturated rings. The van der Waals surface area contributed by atoms with E-state index in [1.807, 2.05) is 20.8 Å². The van der Waals surface area contributed by atoms with E-state index in [0.717, 1.165) is 9.39 Å². The second-order valence-corrected chi connectivity index (χ2v) is 2.69. The van der Waals surface area contributed by atoms with Gasteiger partial charge in [-0.25, -0.2) is 0 Å². The molecule has 9 heavy (non-hydrogen) atoms. The summed E-state index contributed by atoms with van der Waals surface area (Å²) in [5.74, 6) is 0. The van der Waals surface area contributed by atoms with E-state index in [-0.39, 0.29) is 0 Å². The minimum atomic E-state index is 1.02. The lowest BCUT2D eigenvalue weighted by molar-refractivity contribution is 1.28. The summed E-state index contributed by atoms with van der Waals surface area (Å²) in [5, 5.41) is 0. The smallest absolute Gasteiger partial charge is 0.138 e. The van der Waals surface area contributed by atoms with Crippen molar-refractivity contribution in [2.75, 3.05) is 0 Å². The first kappa shape index (κ1) is 9.29. The maximum atomic E-state index is 3.94. The van der Waals surface area contributed by atoms with Crippen LogP contribution >= 0.6 is 34.3 Å². The van der Waals surface area contributed by atoms with Gasteiger partial charge in [0.25, 0.3) is 0 Å². The zero-order valence-corrected chi connectivity index (χ0v) is 8.65. The molecule has 0 saturated heterocycles. The Kier molecular flexibility index (Phi) is 5.27. The molecule has 52 valence electrons. The van der Waals surface area contributed by atoms with Crippen LogP contribution in [0.15, 0.2) is 0 Å². The van der Waals surface area contributed by atoms with Gasteiger partial charge in [0.2, 0.25) is 0 Å². The normalized spacial score (nSPS) is 8.00. The van der Waals surface area contributed by atoms with Gasteiger partial charge in [0.15, 0.2) is 0 Å². The van der Waals surface area contributed by atoms with Crippen LogP contribution < -0.4 is 0 Å². The topological polar surface area (TPSA) is 25.8 Å². The van der Waals surface area contributed by atoms with E-state index in [1.54, 1.807) is 0 Å². The average molecular weight is 256 g/mol. The average Bonchev–Trinajstić information content (AvgIpc) is 2.23. The predicted molar refractivity (Wildman–Crippen MR) is 48.7 cm³/mol. The van der Waals surface area contributed by atoms with Crippen molar-refractivity contribution in [1.29, 1.82) is 0 Å². The second kappa shape index (κ2) is 5.10. The highest BCUT2D eigenvalue weighted by atomic mass is 127.